The molecule has 4 atom stereocenters. The lowest BCUT2D eigenvalue weighted by molar-refractivity contribution is -0.171. The van der Waals surface area contributed by atoms with E-state index in [9.17, 15) is 9.59 Å². The van der Waals surface area contributed by atoms with Crippen LogP contribution in [-0.4, -0.2) is 41.1 Å². The van der Waals surface area contributed by atoms with Gasteiger partial charge in [0, 0.05) is 13.0 Å². The van der Waals surface area contributed by atoms with Crippen LogP contribution < -0.4 is 0 Å². The van der Waals surface area contributed by atoms with Crippen molar-refractivity contribution >= 4 is 11.9 Å². The second-order valence-electron chi connectivity index (χ2n) is 12.5. The lowest BCUT2D eigenvalue weighted by atomic mass is 9.99. The summed E-state index contributed by atoms with van der Waals surface area (Å²) in [6.45, 7) is 1.10. The van der Waals surface area contributed by atoms with Crippen molar-refractivity contribution in [3.05, 3.63) is 179 Å². The van der Waals surface area contributed by atoms with Gasteiger partial charge in [-0.1, -0.05) is 152 Å². The van der Waals surface area contributed by atoms with E-state index < -0.39 is 30.4 Å². The minimum Gasteiger partial charge on any atom is -0.445 e. The van der Waals surface area contributed by atoms with Crippen molar-refractivity contribution in [2.75, 3.05) is 0 Å². The maximum atomic E-state index is 14.2. The van der Waals surface area contributed by atoms with E-state index in [2.05, 4.69) is 0 Å². The first-order chi connectivity index (χ1) is 24.6. The third kappa shape index (κ3) is 9.76. The van der Waals surface area contributed by atoms with Crippen molar-refractivity contribution in [2.24, 2.45) is 0 Å². The van der Waals surface area contributed by atoms with Gasteiger partial charge in [0.2, 0.25) is 0 Å². The molecule has 1 aliphatic carbocycles. The van der Waals surface area contributed by atoms with Gasteiger partial charge in [0.05, 0.1) is 25.9 Å². The molecule has 0 spiro atoms. The molecule has 1 aliphatic rings. The van der Waals surface area contributed by atoms with Crippen LogP contribution in [0.2, 0.25) is 0 Å². The van der Waals surface area contributed by atoms with Gasteiger partial charge in [-0.2, -0.15) is 0 Å². The summed E-state index contributed by atoms with van der Waals surface area (Å²) in [5, 5.41) is 0. The molecule has 256 valence electrons. The molecule has 0 heterocycles. The molecule has 0 unspecified atom stereocenters. The van der Waals surface area contributed by atoms with Crippen molar-refractivity contribution in [1.82, 2.24) is 4.90 Å². The Hall–Kier alpha value is -5.08. The molecule has 1 amide bonds. The van der Waals surface area contributed by atoms with E-state index in [-0.39, 0.29) is 45.2 Å². The molecule has 7 nitrogen and oxygen atoms in total. The minimum absolute atomic E-state index is 0.0906. The summed E-state index contributed by atoms with van der Waals surface area (Å²) >= 11 is 0. The first-order valence-corrected chi connectivity index (χ1v) is 17.1. The van der Waals surface area contributed by atoms with E-state index in [1.165, 1.54) is 0 Å². The van der Waals surface area contributed by atoms with Gasteiger partial charge < -0.3 is 18.9 Å². The predicted molar refractivity (Wildman–Crippen MR) is 192 cm³/mol. The number of rotatable bonds is 14. The molecule has 0 saturated heterocycles. The third-order valence-corrected chi connectivity index (χ3v) is 8.88. The average Bonchev–Trinajstić information content (AvgIpc) is 3.30. The van der Waals surface area contributed by atoms with Crippen LogP contribution in [0.5, 0.6) is 0 Å². The number of nitrogens with zero attached hydrogens (tertiary/aromatic N) is 1. The van der Waals surface area contributed by atoms with Gasteiger partial charge in [0.25, 0.3) is 0 Å². The zero-order valence-electron chi connectivity index (χ0n) is 28.1. The van der Waals surface area contributed by atoms with Crippen LogP contribution in [-0.2, 0) is 56.7 Å². The van der Waals surface area contributed by atoms with Gasteiger partial charge in [-0.25, -0.2) is 4.79 Å². The standard InChI is InChI=1S/C43H43NO6/c45-39-27-26-38(44(28-33-16-6-1-7-17-33)43(46)50-32-37-24-14-5-15-25-37)40(47-29-34-18-8-2-9-19-34)42(49-31-36-22-12-4-13-23-36)41(39)48-30-35-20-10-3-11-21-35/h1-25,38,40-42H,26-32H2/t38-,40-,41-,42-/m1/s1. The zero-order chi connectivity index (χ0) is 34.4. The molecule has 0 aliphatic heterocycles. The quantitative estimate of drug-likeness (QED) is 0.111. The Morgan fingerprint density at radius 1 is 0.520 bits per heavy atom. The Labute approximate surface area is 294 Å². The van der Waals surface area contributed by atoms with Crippen LogP contribution in [0.1, 0.15) is 40.7 Å². The normalized spacial score (nSPS) is 19.0. The molecule has 7 heteroatoms. The number of benzene rings is 5. The van der Waals surface area contributed by atoms with Crippen LogP contribution in [0.4, 0.5) is 4.79 Å². The van der Waals surface area contributed by atoms with E-state index >= 15 is 0 Å². The molecule has 50 heavy (non-hydrogen) atoms. The first kappa shape index (κ1) is 34.8. The topological polar surface area (TPSA) is 74.3 Å². The highest BCUT2D eigenvalue weighted by atomic mass is 16.6. The zero-order valence-corrected chi connectivity index (χ0v) is 28.1. The summed E-state index contributed by atoms with van der Waals surface area (Å²) in [6.07, 6.45) is -2.46. The summed E-state index contributed by atoms with van der Waals surface area (Å²) in [4.78, 5) is 30.0. The number of ketones is 1. The highest BCUT2D eigenvalue weighted by molar-refractivity contribution is 5.84. The lowest BCUT2D eigenvalue weighted by Gasteiger charge is -2.39. The SMILES string of the molecule is O=C1CC[C@@H](N(Cc2ccccc2)C(=O)OCc2ccccc2)[C@@H](OCc2ccccc2)[C@@H](OCc2ccccc2)[C@@H]1OCc1ccccc1. The van der Waals surface area contributed by atoms with E-state index in [4.69, 9.17) is 18.9 Å². The molecule has 1 fully saturated rings. The number of hydrogen-bond donors (Lipinski definition) is 0. The first-order valence-electron chi connectivity index (χ1n) is 17.1. The Balaban J connectivity index is 1.37. The molecular weight excluding hydrogens is 626 g/mol. The molecule has 0 aromatic heterocycles. The molecule has 0 bridgehead atoms. The molecule has 5 aromatic carbocycles. The number of amides is 1. The van der Waals surface area contributed by atoms with E-state index in [0.29, 0.717) is 6.42 Å². The molecule has 6 rings (SSSR count). The summed E-state index contributed by atoms with van der Waals surface area (Å²) in [5.74, 6) is -0.0906. The fourth-order valence-electron chi connectivity index (χ4n) is 6.27. The molecule has 5 aromatic rings. The number of carbonyl (C=O) groups is 2. The van der Waals surface area contributed by atoms with Gasteiger partial charge in [-0.3, -0.25) is 9.69 Å². The van der Waals surface area contributed by atoms with Gasteiger partial charge in [-0.15, -0.1) is 0 Å². The second kappa shape index (κ2) is 18.1. The summed E-state index contributed by atoms with van der Waals surface area (Å²) in [5.41, 5.74) is 4.67. The Morgan fingerprint density at radius 3 is 1.40 bits per heavy atom. The number of hydrogen-bond acceptors (Lipinski definition) is 6. The van der Waals surface area contributed by atoms with Crippen LogP contribution in [0.15, 0.2) is 152 Å². The highest BCUT2D eigenvalue weighted by Gasteiger charge is 2.47. The van der Waals surface area contributed by atoms with Crippen molar-refractivity contribution < 1.29 is 28.5 Å². The van der Waals surface area contributed by atoms with Crippen LogP contribution in [0.3, 0.4) is 0 Å². The monoisotopic (exact) mass is 669 g/mol. The lowest BCUT2D eigenvalue weighted by Crippen LogP contribution is -2.55. The Kier molecular flexibility index (Phi) is 12.6. The number of carbonyl (C=O) groups excluding carboxylic acids is 2. The number of ether oxygens (including phenoxy) is 4. The van der Waals surface area contributed by atoms with Gasteiger partial charge in [0.1, 0.15) is 24.9 Å². The van der Waals surface area contributed by atoms with Crippen LogP contribution >= 0.6 is 0 Å². The second-order valence-corrected chi connectivity index (χ2v) is 12.5. The molecule has 0 N–H and O–H groups in total. The van der Waals surface area contributed by atoms with E-state index in [0.717, 1.165) is 27.8 Å². The summed E-state index contributed by atoms with van der Waals surface area (Å²) in [6, 6.07) is 48.3. The third-order valence-electron chi connectivity index (χ3n) is 8.88. The van der Waals surface area contributed by atoms with Gasteiger partial charge in [-0.05, 0) is 34.2 Å². The molecule has 0 radical (unpaired) electrons. The van der Waals surface area contributed by atoms with Crippen LogP contribution in [0, 0.1) is 0 Å². The smallest absolute Gasteiger partial charge is 0.410 e. The Bertz CT molecular complexity index is 1740. The predicted octanol–water partition coefficient (Wildman–Crippen LogP) is 8.31. The highest BCUT2D eigenvalue weighted by Crippen LogP contribution is 2.31. The maximum Gasteiger partial charge on any atom is 0.410 e. The van der Waals surface area contributed by atoms with Gasteiger partial charge in [0.15, 0.2) is 5.78 Å². The van der Waals surface area contributed by atoms with Crippen molar-refractivity contribution in [1.29, 1.82) is 0 Å². The number of Topliss-reactive ketones (excluding diaryl/α,β-unsaturated/α-hetero) is 1. The van der Waals surface area contributed by atoms with Gasteiger partial charge >= 0.3 is 6.09 Å². The fourth-order valence-corrected chi connectivity index (χ4v) is 6.27. The Morgan fingerprint density at radius 2 is 0.920 bits per heavy atom. The molecular formula is C43H43NO6. The largest absolute Gasteiger partial charge is 0.445 e. The minimum atomic E-state index is -0.927. The van der Waals surface area contributed by atoms with Crippen molar-refractivity contribution in [2.45, 2.75) is 70.2 Å². The van der Waals surface area contributed by atoms with Crippen LogP contribution in [0.25, 0.3) is 0 Å². The summed E-state index contributed by atoms with van der Waals surface area (Å²) in [7, 11) is 0. The van der Waals surface area contributed by atoms with Crippen molar-refractivity contribution in [3.8, 4) is 0 Å². The van der Waals surface area contributed by atoms with Crippen molar-refractivity contribution in [3.63, 3.8) is 0 Å². The van der Waals surface area contributed by atoms with E-state index in [1.54, 1.807) is 4.90 Å². The average molecular weight is 670 g/mol. The molecule has 1 saturated carbocycles. The maximum absolute atomic E-state index is 14.2. The van der Waals surface area contributed by atoms with E-state index in [1.807, 2.05) is 152 Å². The summed E-state index contributed by atoms with van der Waals surface area (Å²) < 4.78 is 26.0. The fraction of sp³-hybridized carbons (Fsp3) is 0.256.